The molecule has 0 bridgehead atoms. The maximum Gasteiger partial charge on any atom is 0.231 e. The number of aliphatic hydroxyl groups excluding tert-OH is 1. The molecule has 0 unspecified atom stereocenters. The Kier molecular flexibility index (Phi) is 7.13. The van der Waals surface area contributed by atoms with Gasteiger partial charge in [-0.1, -0.05) is 29.1 Å². The molecule has 1 amide bonds. The number of hydrogen-bond acceptors (Lipinski definition) is 7. The number of aromatic nitrogens is 4. The highest BCUT2D eigenvalue weighted by atomic mass is 16.5. The molecule has 4 rings (SSSR count). The number of hydrogen-bond donors (Lipinski definition) is 3. The third-order valence-electron chi connectivity index (χ3n) is 4.96. The number of imidazole rings is 1. The van der Waals surface area contributed by atoms with Crippen LogP contribution in [-0.4, -0.2) is 37.3 Å². The average molecular weight is 457 g/mol. The van der Waals surface area contributed by atoms with E-state index in [2.05, 4.69) is 32.3 Å². The first-order chi connectivity index (χ1) is 16.5. The van der Waals surface area contributed by atoms with Gasteiger partial charge in [-0.3, -0.25) is 9.78 Å². The van der Waals surface area contributed by atoms with E-state index in [4.69, 9.17) is 10.3 Å². The first-order valence-corrected chi connectivity index (χ1v) is 10.7. The Morgan fingerprint density at radius 2 is 1.94 bits per heavy atom. The molecule has 9 heteroatoms. The molecule has 1 aromatic carbocycles. The van der Waals surface area contributed by atoms with Crippen LogP contribution in [0.4, 0.5) is 0 Å². The van der Waals surface area contributed by atoms with Gasteiger partial charge >= 0.3 is 0 Å². The molecule has 4 N–H and O–H groups in total. The number of carbonyl (C=O) groups excluding carboxylic acids is 1. The summed E-state index contributed by atoms with van der Waals surface area (Å²) in [5, 5.41) is 16.9. The number of nitrogens with zero attached hydrogens (tertiary/aromatic N) is 4. The van der Waals surface area contributed by atoms with Gasteiger partial charge in [-0.15, -0.1) is 0 Å². The number of benzene rings is 1. The van der Waals surface area contributed by atoms with Gasteiger partial charge in [0.1, 0.15) is 23.3 Å². The van der Waals surface area contributed by atoms with Crippen LogP contribution in [0.2, 0.25) is 0 Å². The summed E-state index contributed by atoms with van der Waals surface area (Å²) in [6.45, 7) is 2.82. The van der Waals surface area contributed by atoms with E-state index in [1.165, 1.54) is 0 Å². The largest absolute Gasteiger partial charge is 0.385 e. The molecule has 0 saturated heterocycles. The van der Waals surface area contributed by atoms with Crippen LogP contribution in [0.15, 0.2) is 65.6 Å². The van der Waals surface area contributed by atoms with Gasteiger partial charge in [-0.2, -0.15) is 0 Å². The molecular weight excluding hydrogens is 432 g/mol. The predicted molar refractivity (Wildman–Crippen MR) is 125 cm³/mol. The van der Waals surface area contributed by atoms with E-state index >= 15 is 0 Å². The number of aliphatic hydroxyl groups is 1. The molecular formula is C25H24N6O3. The van der Waals surface area contributed by atoms with Crippen LogP contribution < -0.4 is 11.1 Å². The summed E-state index contributed by atoms with van der Waals surface area (Å²) >= 11 is 0. The second-order valence-electron chi connectivity index (χ2n) is 7.72. The van der Waals surface area contributed by atoms with Crippen molar-refractivity contribution in [3.63, 3.8) is 0 Å². The van der Waals surface area contributed by atoms with Crippen LogP contribution >= 0.6 is 0 Å². The molecule has 0 aliphatic carbocycles. The van der Waals surface area contributed by atoms with E-state index in [9.17, 15) is 9.90 Å². The highest BCUT2D eigenvalue weighted by Gasteiger charge is 2.12. The van der Waals surface area contributed by atoms with Gasteiger partial charge in [0.05, 0.1) is 13.1 Å². The molecule has 0 aliphatic rings. The minimum Gasteiger partial charge on any atom is -0.385 e. The summed E-state index contributed by atoms with van der Waals surface area (Å²) in [5.41, 5.74) is 9.16. The van der Waals surface area contributed by atoms with Crippen molar-refractivity contribution in [2.75, 3.05) is 6.54 Å². The van der Waals surface area contributed by atoms with Crippen molar-refractivity contribution in [3.05, 3.63) is 89.3 Å². The summed E-state index contributed by atoms with van der Waals surface area (Å²) in [4.78, 5) is 19.4. The Bertz CT molecular complexity index is 1310. The summed E-state index contributed by atoms with van der Waals surface area (Å²) in [7, 11) is 0. The summed E-state index contributed by atoms with van der Waals surface area (Å²) in [6.07, 6.45) is 4.45. The lowest BCUT2D eigenvalue weighted by Crippen LogP contribution is -2.28. The summed E-state index contributed by atoms with van der Waals surface area (Å²) in [5.74, 6) is 6.95. The van der Waals surface area contributed by atoms with Crippen molar-refractivity contribution in [3.8, 4) is 23.3 Å². The first-order valence-electron chi connectivity index (χ1n) is 10.7. The highest BCUT2D eigenvalue weighted by Crippen LogP contribution is 2.20. The van der Waals surface area contributed by atoms with Crippen molar-refractivity contribution < 1.29 is 14.4 Å². The second-order valence-corrected chi connectivity index (χ2v) is 7.72. The van der Waals surface area contributed by atoms with Crippen molar-refractivity contribution in [2.24, 2.45) is 5.73 Å². The molecule has 3 aromatic heterocycles. The summed E-state index contributed by atoms with van der Waals surface area (Å²) in [6, 6.07) is 13.3. The molecule has 0 saturated carbocycles. The second kappa shape index (κ2) is 10.6. The third-order valence-corrected chi connectivity index (χ3v) is 4.96. The Labute approximate surface area is 196 Å². The van der Waals surface area contributed by atoms with Crippen LogP contribution in [0, 0.1) is 11.8 Å². The molecule has 1 atom stereocenters. The van der Waals surface area contributed by atoms with Gasteiger partial charge in [0.25, 0.3) is 0 Å². The first kappa shape index (κ1) is 22.9. The van der Waals surface area contributed by atoms with Crippen LogP contribution in [0.25, 0.3) is 11.5 Å². The maximum atomic E-state index is 10.8. The SMILES string of the molecule is C[C@H](O)c1nccn1Cc1cc(-c2ccc(C#Cc3ccc(CNCC(N)=O)cc3)cn2)on1. The monoisotopic (exact) mass is 456 g/mol. The Balaban J connectivity index is 1.37. The predicted octanol–water partition coefficient (Wildman–Crippen LogP) is 2.01. The van der Waals surface area contributed by atoms with Crippen molar-refractivity contribution in [2.45, 2.75) is 26.1 Å². The minimum absolute atomic E-state index is 0.147. The number of nitrogens with one attached hydrogen (secondary N) is 1. The van der Waals surface area contributed by atoms with Gasteiger partial charge in [0, 0.05) is 42.3 Å². The zero-order valence-corrected chi connectivity index (χ0v) is 18.6. The number of primary amides is 1. The van der Waals surface area contributed by atoms with Crippen LogP contribution in [0.3, 0.4) is 0 Å². The Morgan fingerprint density at radius 3 is 2.65 bits per heavy atom. The summed E-state index contributed by atoms with van der Waals surface area (Å²) < 4.78 is 7.27. The van der Waals surface area contributed by atoms with E-state index in [1.807, 2.05) is 47.0 Å². The molecule has 0 spiro atoms. The zero-order valence-electron chi connectivity index (χ0n) is 18.6. The standard InChI is InChI=1S/C25H24N6O3/c1-17(32)25-28-10-11-31(25)16-21-12-23(34-30-21)22-9-8-20(14-29-22)7-4-18-2-5-19(6-3-18)13-27-15-24(26)33/h2-3,5-6,8-12,14,17,27,32H,13,15-16H2,1H3,(H2,26,33)/t17-/m0/s1. The molecule has 0 aliphatic heterocycles. The van der Waals surface area contributed by atoms with Crippen LogP contribution in [0.5, 0.6) is 0 Å². The zero-order chi connectivity index (χ0) is 23.9. The third kappa shape index (κ3) is 5.95. The molecule has 3 heterocycles. The highest BCUT2D eigenvalue weighted by molar-refractivity contribution is 5.75. The lowest BCUT2D eigenvalue weighted by molar-refractivity contribution is -0.117. The van der Waals surface area contributed by atoms with Crippen molar-refractivity contribution >= 4 is 5.91 Å². The van der Waals surface area contributed by atoms with E-state index < -0.39 is 6.10 Å². The van der Waals surface area contributed by atoms with E-state index in [0.717, 1.165) is 16.7 Å². The molecule has 4 aromatic rings. The smallest absolute Gasteiger partial charge is 0.231 e. The van der Waals surface area contributed by atoms with E-state index in [1.54, 1.807) is 25.5 Å². The molecule has 172 valence electrons. The number of rotatable bonds is 8. The fourth-order valence-corrected chi connectivity index (χ4v) is 3.30. The molecule has 0 radical (unpaired) electrons. The fourth-order valence-electron chi connectivity index (χ4n) is 3.30. The maximum absolute atomic E-state index is 10.8. The Hall–Kier alpha value is -4.26. The number of pyridine rings is 1. The number of carbonyl (C=O) groups is 1. The topological polar surface area (TPSA) is 132 Å². The molecule has 34 heavy (non-hydrogen) atoms. The minimum atomic E-state index is -0.667. The number of nitrogens with two attached hydrogens (primary N) is 1. The van der Waals surface area contributed by atoms with Crippen molar-refractivity contribution in [1.29, 1.82) is 0 Å². The van der Waals surface area contributed by atoms with Crippen molar-refractivity contribution in [1.82, 2.24) is 25.0 Å². The average Bonchev–Trinajstić information content (AvgIpc) is 3.49. The van der Waals surface area contributed by atoms with Gasteiger partial charge < -0.3 is 25.2 Å². The number of amides is 1. The Morgan fingerprint density at radius 1 is 1.18 bits per heavy atom. The van der Waals surface area contributed by atoms with Crippen LogP contribution in [-0.2, 0) is 17.9 Å². The van der Waals surface area contributed by atoms with Crippen LogP contribution in [0.1, 0.15) is 41.2 Å². The lowest BCUT2D eigenvalue weighted by Gasteiger charge is -2.07. The lowest BCUT2D eigenvalue weighted by atomic mass is 10.1. The quantitative estimate of drug-likeness (QED) is 0.346. The van der Waals surface area contributed by atoms with E-state index in [0.29, 0.717) is 36.1 Å². The van der Waals surface area contributed by atoms with Gasteiger partial charge in [-0.05, 0) is 36.8 Å². The normalized spacial score (nSPS) is 11.6. The van der Waals surface area contributed by atoms with E-state index in [-0.39, 0.29) is 12.5 Å². The van der Waals surface area contributed by atoms with Gasteiger partial charge in [0.2, 0.25) is 5.91 Å². The fraction of sp³-hybridized carbons (Fsp3) is 0.200. The van der Waals surface area contributed by atoms with Gasteiger partial charge in [-0.25, -0.2) is 4.98 Å². The molecule has 9 nitrogen and oxygen atoms in total. The van der Waals surface area contributed by atoms with Gasteiger partial charge in [0.15, 0.2) is 5.76 Å². The molecule has 0 fully saturated rings.